The molecule has 132 valence electrons. The van der Waals surface area contributed by atoms with Crippen molar-refractivity contribution in [2.75, 3.05) is 5.32 Å². The summed E-state index contributed by atoms with van der Waals surface area (Å²) in [7, 11) is 0. The lowest BCUT2D eigenvalue weighted by Crippen LogP contribution is -2.16. The molecular formula is C23H24N2O. The minimum absolute atomic E-state index is 0.0143. The van der Waals surface area contributed by atoms with Crippen LogP contribution in [0.15, 0.2) is 66.8 Å². The number of nitrogens with zero attached hydrogens (tertiary/aromatic N) is 1. The Morgan fingerprint density at radius 3 is 2.65 bits per heavy atom. The number of para-hydroxylation sites is 1. The number of carbonyl (C=O) groups is 1. The molecule has 0 aliphatic rings. The van der Waals surface area contributed by atoms with Crippen LogP contribution < -0.4 is 5.32 Å². The molecule has 3 nitrogen and oxygen atoms in total. The van der Waals surface area contributed by atoms with Crippen LogP contribution in [0.5, 0.6) is 0 Å². The van der Waals surface area contributed by atoms with Gasteiger partial charge in [0.1, 0.15) is 0 Å². The molecule has 26 heavy (non-hydrogen) atoms. The van der Waals surface area contributed by atoms with E-state index >= 15 is 0 Å². The van der Waals surface area contributed by atoms with Crippen LogP contribution in [0.2, 0.25) is 0 Å². The van der Waals surface area contributed by atoms with Crippen molar-refractivity contribution in [3.05, 3.63) is 85.0 Å². The third kappa shape index (κ3) is 3.72. The summed E-state index contributed by atoms with van der Waals surface area (Å²) < 4.78 is 26.1. The molecular weight excluding hydrogens is 320 g/mol. The summed E-state index contributed by atoms with van der Waals surface area (Å²) in [6.45, 7) is 10.3. The molecule has 1 amide bonds. The molecule has 0 aliphatic carbocycles. The molecule has 0 unspecified atom stereocenters. The van der Waals surface area contributed by atoms with E-state index in [-0.39, 0.29) is 30.0 Å². The third-order valence-electron chi connectivity index (χ3n) is 4.19. The van der Waals surface area contributed by atoms with E-state index in [0.29, 0.717) is 35.3 Å². The van der Waals surface area contributed by atoms with Gasteiger partial charge in [0.15, 0.2) is 0 Å². The first-order valence-electron chi connectivity index (χ1n) is 10.2. The Morgan fingerprint density at radius 1 is 1.19 bits per heavy atom. The number of rotatable bonds is 6. The number of hydrogen-bond acceptors (Lipinski definition) is 1. The Bertz CT molecular complexity index is 1030. The highest BCUT2D eigenvalue weighted by Crippen LogP contribution is 2.33. The second-order valence-electron chi connectivity index (χ2n) is 6.40. The van der Waals surface area contributed by atoms with Gasteiger partial charge < -0.3 is 9.88 Å². The van der Waals surface area contributed by atoms with E-state index in [4.69, 9.17) is 11.0 Å². The maximum Gasteiger partial charge on any atom is 0.258 e. The lowest BCUT2D eigenvalue weighted by molar-refractivity contribution is 0.102. The Balaban J connectivity index is 2.21. The normalized spacial score (nSPS) is 12.5. The van der Waals surface area contributed by atoms with Crippen molar-refractivity contribution in [2.45, 2.75) is 32.7 Å². The maximum atomic E-state index is 13.3. The molecule has 1 heterocycles. The summed E-state index contributed by atoms with van der Waals surface area (Å²) in [5, 5.41) is 2.94. The van der Waals surface area contributed by atoms with Crippen molar-refractivity contribution < 1.29 is 8.91 Å². The molecule has 3 rings (SSSR count). The van der Waals surface area contributed by atoms with Crippen molar-refractivity contribution in [2.24, 2.45) is 0 Å². The zero-order valence-electron chi connectivity index (χ0n) is 18.0. The monoisotopic (exact) mass is 347 g/mol. The summed E-state index contributed by atoms with van der Waals surface area (Å²) >= 11 is 0. The minimum Gasteiger partial charge on any atom is -0.350 e. The molecule has 0 saturated heterocycles. The van der Waals surface area contributed by atoms with Gasteiger partial charge in [-0.25, -0.2) is 0 Å². The molecule has 0 bridgehead atoms. The first-order chi connectivity index (χ1) is 13.8. The van der Waals surface area contributed by atoms with E-state index in [1.54, 1.807) is 6.07 Å². The summed E-state index contributed by atoms with van der Waals surface area (Å²) in [6, 6.07) is 12.1. The summed E-state index contributed by atoms with van der Waals surface area (Å²) in [6.07, 6.45) is 2.25. The van der Waals surface area contributed by atoms with Crippen LogP contribution in [0.4, 0.5) is 5.69 Å². The second kappa shape index (κ2) is 8.05. The second-order valence-corrected chi connectivity index (χ2v) is 6.40. The fourth-order valence-electron chi connectivity index (χ4n) is 3.14. The van der Waals surface area contributed by atoms with Gasteiger partial charge >= 0.3 is 0 Å². The van der Waals surface area contributed by atoms with Gasteiger partial charge in [-0.3, -0.25) is 4.79 Å². The topological polar surface area (TPSA) is 34.0 Å². The van der Waals surface area contributed by atoms with Crippen molar-refractivity contribution in [3.8, 4) is 11.1 Å². The van der Waals surface area contributed by atoms with Crippen LogP contribution in [0.25, 0.3) is 11.1 Å². The molecule has 3 heteroatoms. The smallest absolute Gasteiger partial charge is 0.258 e. The van der Waals surface area contributed by atoms with Crippen LogP contribution in [0, 0.1) is 6.92 Å². The summed E-state index contributed by atoms with van der Waals surface area (Å²) in [5.41, 5.74) is 3.03. The van der Waals surface area contributed by atoms with Crippen LogP contribution >= 0.6 is 0 Å². The van der Waals surface area contributed by atoms with Crippen LogP contribution in [0.1, 0.15) is 46.4 Å². The largest absolute Gasteiger partial charge is 0.350 e. The molecule has 0 spiro atoms. The first-order valence-corrected chi connectivity index (χ1v) is 8.71. The lowest BCUT2D eigenvalue weighted by atomic mass is 9.98. The predicted molar refractivity (Wildman–Crippen MR) is 107 cm³/mol. The van der Waals surface area contributed by atoms with Crippen molar-refractivity contribution >= 4 is 11.6 Å². The molecule has 1 N–H and O–H groups in total. The predicted octanol–water partition coefficient (Wildman–Crippen LogP) is 5.63. The number of amides is 1. The van der Waals surface area contributed by atoms with Gasteiger partial charge in [-0.2, -0.15) is 0 Å². The van der Waals surface area contributed by atoms with Gasteiger partial charge in [0, 0.05) is 29.7 Å². The van der Waals surface area contributed by atoms with Crippen molar-refractivity contribution in [1.29, 1.82) is 0 Å². The SMILES string of the molecule is [2H]c1ccc(-c2cn(CC[CH])c(C(C)C)c2C(=O)Nc2ccccc2)c([2H])c1[2H]. The quantitative estimate of drug-likeness (QED) is 0.616. The number of benzene rings is 2. The van der Waals surface area contributed by atoms with Gasteiger partial charge in [-0.05, 0) is 37.0 Å². The first kappa shape index (κ1) is 14.4. The number of aryl methyl sites for hydroxylation is 1. The van der Waals surface area contributed by atoms with Gasteiger partial charge in [0.25, 0.3) is 5.91 Å². The number of hydrogen-bond donors (Lipinski definition) is 1. The average molecular weight is 347 g/mol. The van der Waals surface area contributed by atoms with E-state index in [0.717, 1.165) is 5.69 Å². The van der Waals surface area contributed by atoms with Gasteiger partial charge in [-0.15, -0.1) is 0 Å². The van der Waals surface area contributed by atoms with E-state index in [9.17, 15) is 4.79 Å². The Kier molecular flexibility index (Phi) is 4.45. The standard InChI is InChI=1S/C23H24N2O/c1-4-15-25-16-20(18-11-7-5-8-12-18)21(22(25)17(2)3)23(26)24-19-13-9-6-10-14-19/h1,5-14,16-17H,4,15H2,2-3H3,(H,24,26)/i5D,7D,11D. The number of nitrogens with one attached hydrogen (secondary N) is 1. The highest BCUT2D eigenvalue weighted by molar-refractivity contribution is 6.10. The highest BCUT2D eigenvalue weighted by Gasteiger charge is 2.24. The molecule has 2 radical (unpaired) electrons. The fraction of sp³-hybridized carbons (Fsp3) is 0.217. The van der Waals surface area contributed by atoms with Crippen molar-refractivity contribution in [1.82, 2.24) is 4.57 Å². The minimum atomic E-state index is -0.272. The van der Waals surface area contributed by atoms with E-state index in [1.807, 2.05) is 54.9 Å². The number of anilines is 1. The molecule has 0 saturated carbocycles. The van der Waals surface area contributed by atoms with Crippen LogP contribution in [-0.4, -0.2) is 10.5 Å². The van der Waals surface area contributed by atoms with Gasteiger partial charge in [0.2, 0.25) is 0 Å². The lowest BCUT2D eigenvalue weighted by Gasteiger charge is -2.14. The van der Waals surface area contributed by atoms with E-state index in [2.05, 4.69) is 5.32 Å². The molecule has 0 aliphatic heterocycles. The molecule has 0 atom stereocenters. The Hall–Kier alpha value is -2.81. The summed E-state index contributed by atoms with van der Waals surface area (Å²) in [4.78, 5) is 13.3. The zero-order valence-corrected chi connectivity index (χ0v) is 15.0. The molecule has 1 aromatic heterocycles. The van der Waals surface area contributed by atoms with E-state index < -0.39 is 0 Å². The average Bonchev–Trinajstić information content (AvgIpc) is 3.07. The van der Waals surface area contributed by atoms with Crippen LogP contribution in [-0.2, 0) is 6.54 Å². The molecule has 2 aromatic carbocycles. The maximum absolute atomic E-state index is 13.3. The Morgan fingerprint density at radius 2 is 1.96 bits per heavy atom. The number of aromatic nitrogens is 1. The van der Waals surface area contributed by atoms with Gasteiger partial charge in [0.05, 0.1) is 9.68 Å². The van der Waals surface area contributed by atoms with Crippen LogP contribution in [0.3, 0.4) is 0 Å². The van der Waals surface area contributed by atoms with E-state index in [1.165, 1.54) is 6.07 Å². The number of carbonyl (C=O) groups excluding carboxylic acids is 1. The van der Waals surface area contributed by atoms with Gasteiger partial charge in [-0.1, -0.05) is 62.3 Å². The molecule has 3 aromatic rings. The zero-order chi connectivity index (χ0) is 21.1. The summed E-state index contributed by atoms with van der Waals surface area (Å²) in [5.74, 6) is -0.224. The fourth-order valence-corrected chi connectivity index (χ4v) is 3.14. The third-order valence-corrected chi connectivity index (χ3v) is 4.19. The molecule has 0 fully saturated rings. The van der Waals surface area contributed by atoms with Crippen molar-refractivity contribution in [3.63, 3.8) is 0 Å². The highest BCUT2D eigenvalue weighted by atomic mass is 16.1. The Labute approximate surface area is 159 Å².